The van der Waals surface area contributed by atoms with Gasteiger partial charge in [-0.3, -0.25) is 0 Å². The highest BCUT2D eigenvalue weighted by Gasteiger charge is 2.29. The van der Waals surface area contributed by atoms with Crippen LogP contribution in [0.1, 0.15) is 24.5 Å². The molecule has 0 unspecified atom stereocenters. The third-order valence-corrected chi connectivity index (χ3v) is 1.92. The van der Waals surface area contributed by atoms with Gasteiger partial charge in [0.05, 0.1) is 5.69 Å². The van der Waals surface area contributed by atoms with Gasteiger partial charge in [-0.1, -0.05) is 0 Å². The fourth-order valence-corrected chi connectivity index (χ4v) is 1.15. The van der Waals surface area contributed by atoms with Crippen LogP contribution in [0.4, 0.5) is 11.8 Å². The molecule has 1 saturated carbocycles. The highest BCUT2D eigenvalue weighted by Crippen LogP contribution is 2.44. The van der Waals surface area contributed by atoms with E-state index in [1.165, 1.54) is 0 Å². The van der Waals surface area contributed by atoms with E-state index in [1.54, 1.807) is 0 Å². The highest BCUT2D eigenvalue weighted by atomic mass is 35.5. The van der Waals surface area contributed by atoms with Crippen LogP contribution in [0.15, 0.2) is 0 Å². The maximum absolute atomic E-state index is 9.43. The standard InChI is InChI=1S/C7H10N4O.ClH/c8-6-5(12)4(3-1-2-3)10-7(9)11-6;/h3,12H,1-2H2,(H4,8,9,10,11);1H. The highest BCUT2D eigenvalue weighted by molar-refractivity contribution is 5.85. The van der Waals surface area contributed by atoms with Gasteiger partial charge in [-0.15, -0.1) is 12.4 Å². The first-order valence-corrected chi connectivity index (χ1v) is 3.80. The molecule has 1 fully saturated rings. The minimum absolute atomic E-state index is 0. The molecule has 1 heterocycles. The van der Waals surface area contributed by atoms with E-state index >= 15 is 0 Å². The molecule has 0 bridgehead atoms. The number of hydrogen-bond donors (Lipinski definition) is 3. The number of hydrogen-bond acceptors (Lipinski definition) is 5. The van der Waals surface area contributed by atoms with Gasteiger partial charge in [0.15, 0.2) is 11.6 Å². The zero-order chi connectivity index (χ0) is 8.72. The van der Waals surface area contributed by atoms with E-state index in [0.29, 0.717) is 11.6 Å². The van der Waals surface area contributed by atoms with E-state index < -0.39 is 0 Å². The van der Waals surface area contributed by atoms with Gasteiger partial charge in [-0.25, -0.2) is 4.98 Å². The lowest BCUT2D eigenvalue weighted by Crippen LogP contribution is -2.03. The smallest absolute Gasteiger partial charge is 0.222 e. The Morgan fingerprint density at radius 3 is 2.38 bits per heavy atom. The van der Waals surface area contributed by atoms with Crippen LogP contribution in [-0.2, 0) is 0 Å². The molecule has 72 valence electrons. The average Bonchev–Trinajstić information content (AvgIpc) is 2.79. The normalized spacial score (nSPS) is 15.1. The van der Waals surface area contributed by atoms with Crippen molar-refractivity contribution >= 4 is 24.2 Å². The van der Waals surface area contributed by atoms with Crippen molar-refractivity contribution in [2.45, 2.75) is 18.8 Å². The molecule has 0 saturated heterocycles. The summed E-state index contributed by atoms with van der Waals surface area (Å²) in [5.41, 5.74) is 11.4. The molecule has 0 atom stereocenters. The van der Waals surface area contributed by atoms with Gasteiger partial charge in [-0.2, -0.15) is 4.98 Å². The monoisotopic (exact) mass is 202 g/mol. The molecule has 5 nitrogen and oxygen atoms in total. The van der Waals surface area contributed by atoms with Crippen molar-refractivity contribution in [2.24, 2.45) is 0 Å². The lowest BCUT2D eigenvalue weighted by molar-refractivity contribution is 0.464. The third-order valence-electron chi connectivity index (χ3n) is 1.92. The topological polar surface area (TPSA) is 98.0 Å². The second-order valence-corrected chi connectivity index (χ2v) is 2.98. The van der Waals surface area contributed by atoms with Crippen molar-refractivity contribution in [3.8, 4) is 5.75 Å². The fraction of sp³-hybridized carbons (Fsp3) is 0.429. The summed E-state index contributed by atoms with van der Waals surface area (Å²) >= 11 is 0. The van der Waals surface area contributed by atoms with Gasteiger partial charge >= 0.3 is 0 Å². The Morgan fingerprint density at radius 1 is 1.23 bits per heavy atom. The molecule has 13 heavy (non-hydrogen) atoms. The molecule has 0 radical (unpaired) electrons. The molecular weight excluding hydrogens is 192 g/mol. The summed E-state index contributed by atoms with van der Waals surface area (Å²) in [6.45, 7) is 0. The number of nitrogen functional groups attached to an aromatic ring is 2. The summed E-state index contributed by atoms with van der Waals surface area (Å²) in [6, 6.07) is 0. The quantitative estimate of drug-likeness (QED) is 0.621. The van der Waals surface area contributed by atoms with Gasteiger partial charge in [0, 0.05) is 5.92 Å². The maximum atomic E-state index is 9.43. The molecule has 0 amide bonds. The molecule has 1 aromatic heterocycles. The number of aromatic hydroxyl groups is 1. The van der Waals surface area contributed by atoms with Gasteiger partial charge < -0.3 is 16.6 Å². The molecule has 0 spiro atoms. The zero-order valence-corrected chi connectivity index (χ0v) is 7.71. The molecule has 1 aromatic rings. The van der Waals surface area contributed by atoms with E-state index in [9.17, 15) is 5.11 Å². The SMILES string of the molecule is Cl.Nc1nc(N)c(O)c(C2CC2)n1. The number of aromatic nitrogens is 2. The number of nitrogens with zero attached hydrogens (tertiary/aromatic N) is 2. The Morgan fingerprint density at radius 2 is 1.85 bits per heavy atom. The summed E-state index contributed by atoms with van der Waals surface area (Å²) in [5.74, 6) is 0.529. The van der Waals surface area contributed by atoms with Crippen molar-refractivity contribution in [1.29, 1.82) is 0 Å². The lowest BCUT2D eigenvalue weighted by atomic mass is 10.2. The lowest BCUT2D eigenvalue weighted by Gasteiger charge is -2.04. The summed E-state index contributed by atoms with van der Waals surface area (Å²) in [5, 5.41) is 9.43. The summed E-state index contributed by atoms with van der Waals surface area (Å²) < 4.78 is 0. The summed E-state index contributed by atoms with van der Waals surface area (Å²) in [6.07, 6.45) is 2.09. The van der Waals surface area contributed by atoms with Crippen molar-refractivity contribution in [3.63, 3.8) is 0 Å². The van der Waals surface area contributed by atoms with Crippen LogP contribution < -0.4 is 11.5 Å². The molecule has 0 aliphatic heterocycles. The van der Waals surface area contributed by atoms with Crippen LogP contribution in [0.5, 0.6) is 5.75 Å². The van der Waals surface area contributed by atoms with Crippen LogP contribution in [-0.4, -0.2) is 15.1 Å². The molecule has 1 aliphatic rings. The number of anilines is 2. The second kappa shape index (κ2) is 3.26. The third kappa shape index (κ3) is 1.75. The van der Waals surface area contributed by atoms with Crippen LogP contribution >= 0.6 is 12.4 Å². The van der Waals surface area contributed by atoms with Crippen molar-refractivity contribution < 1.29 is 5.11 Å². The van der Waals surface area contributed by atoms with Crippen LogP contribution in [0.3, 0.4) is 0 Å². The zero-order valence-electron chi connectivity index (χ0n) is 6.90. The molecule has 5 N–H and O–H groups in total. The van der Waals surface area contributed by atoms with Crippen LogP contribution in [0.2, 0.25) is 0 Å². The Bertz CT molecular complexity index is 327. The van der Waals surface area contributed by atoms with Crippen molar-refractivity contribution in [2.75, 3.05) is 11.5 Å². The van der Waals surface area contributed by atoms with Crippen LogP contribution in [0.25, 0.3) is 0 Å². The Kier molecular flexibility index (Phi) is 2.47. The first-order valence-electron chi connectivity index (χ1n) is 3.80. The van der Waals surface area contributed by atoms with E-state index in [2.05, 4.69) is 9.97 Å². The second-order valence-electron chi connectivity index (χ2n) is 2.98. The van der Waals surface area contributed by atoms with Gasteiger partial charge in [0.25, 0.3) is 0 Å². The van der Waals surface area contributed by atoms with Gasteiger partial charge in [0.1, 0.15) is 0 Å². The van der Waals surface area contributed by atoms with Crippen molar-refractivity contribution in [1.82, 2.24) is 9.97 Å². The largest absolute Gasteiger partial charge is 0.503 e. The molecule has 6 heteroatoms. The Hall–Kier alpha value is -1.23. The van der Waals surface area contributed by atoms with Gasteiger partial charge in [-0.05, 0) is 12.8 Å². The van der Waals surface area contributed by atoms with E-state index in [4.69, 9.17) is 11.5 Å². The number of rotatable bonds is 1. The number of halogens is 1. The molecule has 1 aliphatic carbocycles. The Balaban J connectivity index is 0.000000845. The van der Waals surface area contributed by atoms with E-state index in [0.717, 1.165) is 12.8 Å². The molecular formula is C7H11ClN4O. The van der Waals surface area contributed by atoms with Crippen LogP contribution in [0, 0.1) is 0 Å². The summed E-state index contributed by atoms with van der Waals surface area (Å²) in [4.78, 5) is 7.57. The Labute approximate surface area is 81.6 Å². The molecule has 0 aromatic carbocycles. The number of nitrogens with two attached hydrogens (primary N) is 2. The van der Waals surface area contributed by atoms with Crippen molar-refractivity contribution in [3.05, 3.63) is 5.69 Å². The average molecular weight is 203 g/mol. The molecule has 2 rings (SSSR count). The minimum atomic E-state index is -0.00769. The van der Waals surface area contributed by atoms with E-state index in [-0.39, 0.29) is 29.9 Å². The first kappa shape index (κ1) is 9.85. The van der Waals surface area contributed by atoms with Gasteiger partial charge in [0.2, 0.25) is 5.95 Å². The predicted molar refractivity (Wildman–Crippen MR) is 51.7 cm³/mol. The first-order chi connectivity index (χ1) is 5.68. The summed E-state index contributed by atoms with van der Waals surface area (Å²) in [7, 11) is 0. The maximum Gasteiger partial charge on any atom is 0.222 e. The fourth-order valence-electron chi connectivity index (χ4n) is 1.15. The minimum Gasteiger partial charge on any atom is -0.503 e. The van der Waals surface area contributed by atoms with E-state index in [1.807, 2.05) is 0 Å². The predicted octanol–water partition coefficient (Wildman–Crippen LogP) is 0.646.